The van der Waals surface area contributed by atoms with E-state index in [1.807, 2.05) is 0 Å². The molecule has 1 N–H and O–H groups in total. The molecule has 0 rings (SSSR count). The Hall–Kier alpha value is -1.88. The fourth-order valence-corrected chi connectivity index (χ4v) is 2.01. The van der Waals surface area contributed by atoms with Gasteiger partial charge in [-0.1, -0.05) is 9.01 Å². The van der Waals surface area contributed by atoms with Crippen LogP contribution < -0.4 is 0 Å². The highest BCUT2D eigenvalue weighted by molar-refractivity contribution is 7.90. The Morgan fingerprint density at radius 3 is 1.44 bits per heavy atom. The summed E-state index contributed by atoms with van der Waals surface area (Å²) in [5, 5.41) is 0.286. The van der Waals surface area contributed by atoms with E-state index in [0.29, 0.717) is 0 Å². The van der Waals surface area contributed by atoms with E-state index in [1.165, 1.54) is 0 Å². The number of sulfonamides is 1. The van der Waals surface area contributed by atoms with Gasteiger partial charge in [-0.15, -0.1) is 0 Å². The number of hydrogen-bond donors (Lipinski definition) is 1. The molecule has 0 radical (unpaired) electrons. The maximum atomic E-state index is 13.1. The molecule has 5 nitrogen and oxygen atoms in total. The van der Waals surface area contributed by atoms with Crippen LogP contribution in [0.4, 0.5) is 52.8 Å². The van der Waals surface area contributed by atoms with Crippen molar-refractivity contribution in [2.45, 2.75) is 23.3 Å². The quantitative estimate of drug-likeness (QED) is 0.405. The number of alkyl halides is 9. The van der Waals surface area contributed by atoms with Crippen LogP contribution in [0.15, 0.2) is 11.8 Å². The summed E-state index contributed by atoms with van der Waals surface area (Å²) < 4.78 is 168. The number of nitrogens with zero attached hydrogens (tertiary/aromatic N) is 1. The number of halogens is 12. The second-order valence-corrected chi connectivity index (χ2v) is 5.58. The summed E-state index contributed by atoms with van der Waals surface area (Å²) >= 11 is 0. The topological polar surface area (TPSA) is 74.7 Å². The van der Waals surface area contributed by atoms with Gasteiger partial charge in [0.2, 0.25) is 5.70 Å². The molecule has 0 aromatic carbocycles. The van der Waals surface area contributed by atoms with Crippen LogP contribution in [-0.4, -0.2) is 47.3 Å². The van der Waals surface area contributed by atoms with E-state index in [-0.39, 0.29) is 0 Å². The third-order valence-electron chi connectivity index (χ3n) is 2.21. The van der Waals surface area contributed by atoms with Crippen LogP contribution in [0.3, 0.4) is 0 Å². The number of aliphatic carboxylic acids is 1. The molecule has 0 saturated carbocycles. The summed E-state index contributed by atoms with van der Waals surface area (Å²) in [6.07, 6.45) is -11.4. The molecule has 25 heavy (non-hydrogen) atoms. The zero-order valence-electron chi connectivity index (χ0n) is 10.6. The summed E-state index contributed by atoms with van der Waals surface area (Å²) in [7, 11) is -8.14. The van der Waals surface area contributed by atoms with Crippen molar-refractivity contribution in [2.24, 2.45) is 0 Å². The number of carboxylic acids is 1. The standard InChI is InChI=1S/C7HF12NO4S/c8-2(9)1(3(21)22)20(19)25(23,24)7(17,18)5(12,13)4(10,11)6(14,15)16/h(H,21,22). The molecule has 0 amide bonds. The lowest BCUT2D eigenvalue weighted by molar-refractivity contribution is -0.382. The summed E-state index contributed by atoms with van der Waals surface area (Å²) in [4.78, 5) is 10.1. The van der Waals surface area contributed by atoms with Crippen LogP contribution in [0.1, 0.15) is 0 Å². The van der Waals surface area contributed by atoms with E-state index in [9.17, 15) is 66.0 Å². The normalized spacial score (nSPS) is 14.2. The van der Waals surface area contributed by atoms with Gasteiger partial charge in [0.15, 0.2) is 0 Å². The molecule has 148 valence electrons. The van der Waals surface area contributed by atoms with Gasteiger partial charge < -0.3 is 5.11 Å². The summed E-state index contributed by atoms with van der Waals surface area (Å²) in [6.45, 7) is 0. The van der Waals surface area contributed by atoms with E-state index >= 15 is 0 Å². The molecule has 0 saturated heterocycles. The summed E-state index contributed by atoms with van der Waals surface area (Å²) in [5.41, 5.74) is -3.54. The lowest BCUT2D eigenvalue weighted by Crippen LogP contribution is -2.64. The molecular formula is C7HF12NO4S. The molecule has 0 atom stereocenters. The van der Waals surface area contributed by atoms with Crippen molar-refractivity contribution in [3.8, 4) is 0 Å². The highest BCUT2D eigenvalue weighted by Gasteiger charge is 2.86. The van der Waals surface area contributed by atoms with Crippen molar-refractivity contribution in [1.82, 2.24) is 4.53 Å². The Morgan fingerprint density at radius 2 is 1.20 bits per heavy atom. The Balaban J connectivity index is 6.52. The van der Waals surface area contributed by atoms with E-state index in [4.69, 9.17) is 5.11 Å². The fraction of sp³-hybridized carbons (Fsp3) is 0.571. The van der Waals surface area contributed by atoms with Gasteiger partial charge in [-0.05, 0) is 0 Å². The third-order valence-corrected chi connectivity index (χ3v) is 3.72. The molecular weight excluding hydrogens is 422 g/mol. The fourth-order valence-electron chi connectivity index (χ4n) is 0.966. The Bertz CT molecular complexity index is 676. The zero-order valence-corrected chi connectivity index (χ0v) is 11.4. The number of rotatable bonds is 6. The molecule has 0 spiro atoms. The van der Waals surface area contributed by atoms with Crippen molar-refractivity contribution < 1.29 is 71.1 Å². The molecule has 0 aliphatic carbocycles. The molecule has 18 heteroatoms. The SMILES string of the molecule is O=C(O)C(=C(F)F)N(F)S(=O)(=O)C(F)(F)C(F)(F)C(F)(F)C(F)(F)F. The number of hydrogen-bond acceptors (Lipinski definition) is 3. The maximum Gasteiger partial charge on any atom is 0.460 e. The van der Waals surface area contributed by atoms with E-state index in [0.717, 1.165) is 0 Å². The van der Waals surface area contributed by atoms with Gasteiger partial charge in [0, 0.05) is 0 Å². The first kappa shape index (κ1) is 23.1. The Morgan fingerprint density at radius 1 is 0.840 bits per heavy atom. The first-order valence-corrected chi connectivity index (χ1v) is 6.31. The smallest absolute Gasteiger partial charge is 0.460 e. The molecule has 0 bridgehead atoms. The first-order chi connectivity index (χ1) is 10.7. The van der Waals surface area contributed by atoms with Crippen LogP contribution >= 0.6 is 0 Å². The predicted molar refractivity (Wildman–Crippen MR) is 49.6 cm³/mol. The number of carbonyl (C=O) groups is 1. The monoisotopic (exact) mass is 423 g/mol. The Kier molecular flexibility index (Phi) is 5.67. The van der Waals surface area contributed by atoms with Crippen LogP contribution in [0, 0.1) is 0 Å². The average Bonchev–Trinajstić information content (AvgIpc) is 2.35. The van der Waals surface area contributed by atoms with E-state index in [2.05, 4.69) is 0 Å². The van der Waals surface area contributed by atoms with Crippen molar-refractivity contribution in [1.29, 1.82) is 0 Å². The first-order valence-electron chi connectivity index (χ1n) is 4.87. The largest absolute Gasteiger partial charge is 0.476 e. The van der Waals surface area contributed by atoms with E-state index < -0.39 is 55.6 Å². The van der Waals surface area contributed by atoms with Crippen LogP contribution in [0.5, 0.6) is 0 Å². The average molecular weight is 423 g/mol. The van der Waals surface area contributed by atoms with Gasteiger partial charge in [-0.3, -0.25) is 0 Å². The van der Waals surface area contributed by atoms with Crippen molar-refractivity contribution in [3.63, 3.8) is 0 Å². The summed E-state index contributed by atoms with van der Waals surface area (Å²) in [5.74, 6) is -19.1. The highest BCUT2D eigenvalue weighted by Crippen LogP contribution is 2.55. The van der Waals surface area contributed by atoms with Crippen LogP contribution in [0.25, 0.3) is 0 Å². The number of carboxylic acid groups (broad SMARTS) is 1. The zero-order chi connectivity index (χ0) is 20.8. The van der Waals surface area contributed by atoms with Gasteiger partial charge in [0.1, 0.15) is 0 Å². The lowest BCUT2D eigenvalue weighted by atomic mass is 10.1. The van der Waals surface area contributed by atoms with E-state index in [1.54, 1.807) is 0 Å². The Labute approximate surface area is 128 Å². The lowest BCUT2D eigenvalue weighted by Gasteiger charge is -2.33. The molecule has 0 fully saturated rings. The minimum Gasteiger partial charge on any atom is -0.476 e. The van der Waals surface area contributed by atoms with Crippen molar-refractivity contribution in [2.75, 3.05) is 0 Å². The van der Waals surface area contributed by atoms with Gasteiger partial charge in [-0.25, -0.2) is 4.79 Å². The van der Waals surface area contributed by atoms with Gasteiger partial charge in [0.25, 0.3) is 0 Å². The van der Waals surface area contributed by atoms with Gasteiger partial charge >= 0.3 is 45.3 Å². The molecule has 0 aromatic rings. The minimum atomic E-state index is -8.14. The molecule has 0 aromatic heterocycles. The van der Waals surface area contributed by atoms with Crippen LogP contribution in [0.2, 0.25) is 0 Å². The third kappa shape index (κ3) is 3.30. The minimum absolute atomic E-state index is 3.25. The van der Waals surface area contributed by atoms with Crippen molar-refractivity contribution >= 4 is 16.0 Å². The van der Waals surface area contributed by atoms with Gasteiger partial charge in [0.05, 0.1) is 0 Å². The molecule has 0 aliphatic rings. The predicted octanol–water partition coefficient (Wildman–Crippen LogP) is 3.12. The molecule has 0 unspecified atom stereocenters. The van der Waals surface area contributed by atoms with Gasteiger partial charge in [-0.2, -0.15) is 56.7 Å². The van der Waals surface area contributed by atoms with Crippen molar-refractivity contribution in [3.05, 3.63) is 11.8 Å². The van der Waals surface area contributed by atoms with Crippen LogP contribution in [-0.2, 0) is 14.8 Å². The molecule has 0 heterocycles. The second-order valence-electron chi connectivity index (χ2n) is 3.80. The second kappa shape index (κ2) is 6.13. The maximum absolute atomic E-state index is 13.1. The highest BCUT2D eigenvalue weighted by atomic mass is 32.2. The molecule has 0 aliphatic heterocycles. The summed E-state index contributed by atoms with van der Waals surface area (Å²) in [6, 6.07) is 0.